The summed E-state index contributed by atoms with van der Waals surface area (Å²) in [6, 6.07) is 15.9. The van der Waals surface area contributed by atoms with Gasteiger partial charge >= 0.3 is 0 Å². The molecule has 1 aliphatic carbocycles. The Morgan fingerprint density at radius 2 is 1.80 bits per heavy atom. The lowest BCUT2D eigenvalue weighted by Gasteiger charge is -2.33. The van der Waals surface area contributed by atoms with Gasteiger partial charge in [-0.15, -0.1) is 0 Å². The van der Waals surface area contributed by atoms with Gasteiger partial charge in [0.25, 0.3) is 0 Å². The van der Waals surface area contributed by atoms with Gasteiger partial charge in [0.1, 0.15) is 0 Å². The highest BCUT2D eigenvalue weighted by atomic mass is 16.3. The summed E-state index contributed by atoms with van der Waals surface area (Å²) in [4.78, 5) is 15.0. The Kier molecular flexibility index (Phi) is 4.32. The minimum absolute atomic E-state index is 0.0138. The lowest BCUT2D eigenvalue weighted by Crippen LogP contribution is -2.48. The van der Waals surface area contributed by atoms with Gasteiger partial charge in [0.2, 0.25) is 5.91 Å². The number of aliphatic hydroxyl groups is 1. The number of carbonyl (C=O) groups excluding carboxylic acids is 1. The Hall–Kier alpha value is -2.17. The summed E-state index contributed by atoms with van der Waals surface area (Å²) < 4.78 is 0. The van der Waals surface area contributed by atoms with E-state index in [1.807, 2.05) is 31.2 Å². The largest absolute Gasteiger partial charge is 0.390 e. The van der Waals surface area contributed by atoms with Crippen molar-refractivity contribution in [1.82, 2.24) is 10.2 Å². The van der Waals surface area contributed by atoms with Crippen molar-refractivity contribution in [2.75, 3.05) is 6.54 Å². The normalized spacial score (nSPS) is 23.6. The molecular weight excluding hydrogens is 312 g/mol. The van der Waals surface area contributed by atoms with Crippen molar-refractivity contribution < 1.29 is 9.90 Å². The lowest BCUT2D eigenvalue weighted by atomic mass is 9.98. The van der Waals surface area contributed by atoms with Gasteiger partial charge in [0.05, 0.1) is 18.2 Å². The van der Waals surface area contributed by atoms with E-state index in [-0.39, 0.29) is 18.0 Å². The molecule has 1 unspecified atom stereocenters. The zero-order chi connectivity index (χ0) is 17.4. The van der Waals surface area contributed by atoms with Crippen LogP contribution in [-0.2, 0) is 24.2 Å². The molecule has 0 bridgehead atoms. The average molecular weight is 336 g/mol. The van der Waals surface area contributed by atoms with Crippen LogP contribution >= 0.6 is 0 Å². The van der Waals surface area contributed by atoms with Crippen LogP contribution in [0.3, 0.4) is 0 Å². The topological polar surface area (TPSA) is 52.6 Å². The fourth-order valence-corrected chi connectivity index (χ4v) is 4.04. The summed E-state index contributed by atoms with van der Waals surface area (Å²) in [6.45, 7) is 3.64. The van der Waals surface area contributed by atoms with Crippen molar-refractivity contribution in [1.29, 1.82) is 0 Å². The second kappa shape index (κ2) is 6.62. The molecule has 1 heterocycles. The molecule has 4 rings (SSSR count). The van der Waals surface area contributed by atoms with Gasteiger partial charge in [-0.1, -0.05) is 48.5 Å². The lowest BCUT2D eigenvalue weighted by molar-refractivity contribution is -0.127. The summed E-state index contributed by atoms with van der Waals surface area (Å²) >= 11 is 0. The van der Waals surface area contributed by atoms with E-state index in [9.17, 15) is 9.90 Å². The van der Waals surface area contributed by atoms with E-state index in [1.165, 1.54) is 11.1 Å². The quantitative estimate of drug-likeness (QED) is 0.904. The summed E-state index contributed by atoms with van der Waals surface area (Å²) in [5.74, 6) is -0.0138. The predicted molar refractivity (Wildman–Crippen MR) is 97.1 cm³/mol. The monoisotopic (exact) mass is 336 g/mol. The van der Waals surface area contributed by atoms with Gasteiger partial charge in [-0.05, 0) is 35.6 Å². The molecule has 2 aromatic carbocycles. The van der Waals surface area contributed by atoms with Gasteiger partial charge in [-0.2, -0.15) is 0 Å². The van der Waals surface area contributed by atoms with Crippen LogP contribution in [-0.4, -0.2) is 34.6 Å². The Balaban J connectivity index is 1.45. The molecule has 0 aromatic heterocycles. The number of carbonyl (C=O) groups is 1. The molecule has 4 nitrogen and oxygen atoms in total. The zero-order valence-electron chi connectivity index (χ0n) is 14.5. The van der Waals surface area contributed by atoms with E-state index < -0.39 is 6.10 Å². The number of rotatable bonds is 3. The first kappa shape index (κ1) is 16.3. The van der Waals surface area contributed by atoms with Crippen LogP contribution in [0.5, 0.6) is 0 Å². The highest BCUT2D eigenvalue weighted by Crippen LogP contribution is 2.31. The number of amides is 1. The standard InChI is InChI=1S/C21H24N2O2/c1-14(23-11-10-15-6-2-3-8-17(15)13-23)21(25)22-20-18-9-5-4-7-16(18)12-19(20)24/h2-9,14,19-20,24H,10-13H2,1H3,(H,22,25)/t14?,19-,20+/m1/s1. The van der Waals surface area contributed by atoms with Gasteiger partial charge in [0.15, 0.2) is 0 Å². The molecule has 0 fully saturated rings. The van der Waals surface area contributed by atoms with E-state index in [0.717, 1.165) is 30.6 Å². The Morgan fingerprint density at radius 1 is 1.12 bits per heavy atom. The van der Waals surface area contributed by atoms with E-state index in [2.05, 4.69) is 34.5 Å². The molecule has 0 saturated heterocycles. The highest BCUT2D eigenvalue weighted by Gasteiger charge is 2.34. The van der Waals surface area contributed by atoms with Crippen LogP contribution in [0.4, 0.5) is 0 Å². The molecule has 0 saturated carbocycles. The van der Waals surface area contributed by atoms with Crippen molar-refractivity contribution >= 4 is 5.91 Å². The van der Waals surface area contributed by atoms with Crippen LogP contribution in [0.1, 0.15) is 35.2 Å². The summed E-state index contributed by atoms with van der Waals surface area (Å²) in [6.07, 6.45) is 1.03. The van der Waals surface area contributed by atoms with Crippen molar-refractivity contribution in [3.63, 3.8) is 0 Å². The second-order valence-electron chi connectivity index (χ2n) is 7.12. The maximum absolute atomic E-state index is 12.8. The first-order valence-corrected chi connectivity index (χ1v) is 9.00. The second-order valence-corrected chi connectivity index (χ2v) is 7.12. The van der Waals surface area contributed by atoms with Crippen molar-refractivity contribution in [3.8, 4) is 0 Å². The fraction of sp³-hybridized carbons (Fsp3) is 0.381. The first-order chi connectivity index (χ1) is 12.1. The molecule has 1 aliphatic heterocycles. The molecule has 0 radical (unpaired) electrons. The summed E-state index contributed by atoms with van der Waals surface area (Å²) in [5.41, 5.74) is 4.85. The smallest absolute Gasteiger partial charge is 0.237 e. The third-order valence-corrected chi connectivity index (χ3v) is 5.59. The van der Waals surface area contributed by atoms with E-state index in [1.54, 1.807) is 0 Å². The van der Waals surface area contributed by atoms with Crippen LogP contribution in [0.15, 0.2) is 48.5 Å². The number of hydrogen-bond acceptors (Lipinski definition) is 3. The molecule has 1 amide bonds. The van der Waals surface area contributed by atoms with Crippen LogP contribution in [0.25, 0.3) is 0 Å². The van der Waals surface area contributed by atoms with E-state index in [4.69, 9.17) is 0 Å². The van der Waals surface area contributed by atoms with Crippen LogP contribution < -0.4 is 5.32 Å². The van der Waals surface area contributed by atoms with Crippen molar-refractivity contribution in [3.05, 3.63) is 70.8 Å². The van der Waals surface area contributed by atoms with Gasteiger partial charge in [-0.3, -0.25) is 9.69 Å². The Bertz CT molecular complexity index is 789. The average Bonchev–Trinajstić information content (AvgIpc) is 2.96. The first-order valence-electron chi connectivity index (χ1n) is 9.00. The molecule has 130 valence electrons. The molecule has 2 aliphatic rings. The van der Waals surface area contributed by atoms with Crippen LogP contribution in [0.2, 0.25) is 0 Å². The van der Waals surface area contributed by atoms with Crippen molar-refractivity contribution in [2.24, 2.45) is 0 Å². The minimum Gasteiger partial charge on any atom is -0.390 e. The number of fused-ring (bicyclic) bond motifs is 2. The maximum Gasteiger partial charge on any atom is 0.237 e. The maximum atomic E-state index is 12.8. The number of aliphatic hydroxyl groups excluding tert-OH is 1. The van der Waals surface area contributed by atoms with Gasteiger partial charge in [0, 0.05) is 19.5 Å². The molecule has 2 aromatic rings. The zero-order valence-corrected chi connectivity index (χ0v) is 14.5. The van der Waals surface area contributed by atoms with Gasteiger partial charge in [-0.25, -0.2) is 0 Å². The van der Waals surface area contributed by atoms with Crippen LogP contribution in [0, 0.1) is 0 Å². The molecule has 3 atom stereocenters. The minimum atomic E-state index is -0.546. The number of nitrogens with zero attached hydrogens (tertiary/aromatic N) is 1. The Morgan fingerprint density at radius 3 is 2.60 bits per heavy atom. The number of hydrogen-bond donors (Lipinski definition) is 2. The van der Waals surface area contributed by atoms with Gasteiger partial charge < -0.3 is 10.4 Å². The molecule has 2 N–H and O–H groups in total. The van der Waals surface area contributed by atoms with E-state index >= 15 is 0 Å². The predicted octanol–water partition coefficient (Wildman–Crippen LogP) is 2.21. The third kappa shape index (κ3) is 3.08. The van der Waals surface area contributed by atoms with E-state index in [0.29, 0.717) is 6.42 Å². The Labute approximate surface area is 148 Å². The highest BCUT2D eigenvalue weighted by molar-refractivity contribution is 5.82. The number of benzene rings is 2. The summed E-state index contributed by atoms with van der Waals surface area (Å²) in [7, 11) is 0. The summed E-state index contributed by atoms with van der Waals surface area (Å²) in [5, 5.41) is 13.4. The molecule has 4 heteroatoms. The number of nitrogens with one attached hydrogen (secondary N) is 1. The fourth-order valence-electron chi connectivity index (χ4n) is 4.04. The van der Waals surface area contributed by atoms with Crippen molar-refractivity contribution in [2.45, 2.75) is 44.5 Å². The third-order valence-electron chi connectivity index (χ3n) is 5.59. The molecule has 0 spiro atoms. The SMILES string of the molecule is CC(C(=O)N[C@H]1c2ccccc2C[C@H]1O)N1CCc2ccccc2C1. The molecule has 25 heavy (non-hydrogen) atoms. The molecular formula is C21H24N2O2.